The van der Waals surface area contributed by atoms with E-state index in [0.29, 0.717) is 25.4 Å². The van der Waals surface area contributed by atoms with Gasteiger partial charge in [-0.25, -0.2) is 0 Å². The van der Waals surface area contributed by atoms with Crippen LogP contribution in [-0.4, -0.2) is 24.3 Å². The van der Waals surface area contributed by atoms with E-state index >= 15 is 0 Å². The molecule has 0 amide bonds. The maximum atomic E-state index is 12.5. The minimum absolute atomic E-state index is 0.219. The molecule has 16 heavy (non-hydrogen) atoms. The normalized spacial score (nSPS) is 36.4. The molecule has 2 nitrogen and oxygen atoms in total. The predicted octanol–water partition coefficient (Wildman–Crippen LogP) is 2.19. The second-order valence-electron chi connectivity index (χ2n) is 5.22. The smallest absolute Gasteiger partial charge is 0.329 e. The van der Waals surface area contributed by atoms with E-state index in [2.05, 4.69) is 5.32 Å². The van der Waals surface area contributed by atoms with Gasteiger partial charge in [-0.15, -0.1) is 0 Å². The third-order valence-electron chi connectivity index (χ3n) is 3.88. The SMILES string of the molecule is NCC1(NC2CC2)CCC(C(F)(F)F)CC1. The van der Waals surface area contributed by atoms with E-state index in [0.717, 1.165) is 12.8 Å². The van der Waals surface area contributed by atoms with Crippen molar-refractivity contribution in [3.8, 4) is 0 Å². The second kappa shape index (κ2) is 4.18. The number of alkyl halides is 3. The lowest BCUT2D eigenvalue weighted by Crippen LogP contribution is -2.55. The second-order valence-corrected chi connectivity index (χ2v) is 5.22. The highest BCUT2D eigenvalue weighted by Crippen LogP contribution is 2.41. The fourth-order valence-electron chi connectivity index (χ4n) is 2.57. The van der Waals surface area contributed by atoms with Crippen molar-refractivity contribution in [1.29, 1.82) is 0 Å². The van der Waals surface area contributed by atoms with Gasteiger partial charge in [0.25, 0.3) is 0 Å². The zero-order chi connectivity index (χ0) is 11.8. The zero-order valence-electron chi connectivity index (χ0n) is 9.32. The summed E-state index contributed by atoms with van der Waals surface area (Å²) in [6.07, 6.45) is -0.176. The van der Waals surface area contributed by atoms with E-state index < -0.39 is 12.1 Å². The first-order chi connectivity index (χ1) is 7.45. The minimum Gasteiger partial charge on any atom is -0.329 e. The Balaban J connectivity index is 1.90. The molecular weight excluding hydrogens is 217 g/mol. The summed E-state index contributed by atoms with van der Waals surface area (Å²) in [6.45, 7) is 0.452. The summed E-state index contributed by atoms with van der Waals surface area (Å²) in [5, 5.41) is 3.44. The molecule has 2 rings (SSSR count). The summed E-state index contributed by atoms with van der Waals surface area (Å²) in [5.74, 6) is -1.12. The van der Waals surface area contributed by atoms with Crippen LogP contribution >= 0.6 is 0 Å². The van der Waals surface area contributed by atoms with E-state index in [-0.39, 0.29) is 18.4 Å². The Morgan fingerprint density at radius 2 is 1.69 bits per heavy atom. The summed E-state index contributed by atoms with van der Waals surface area (Å²) in [5.41, 5.74) is 5.51. The van der Waals surface area contributed by atoms with Crippen LogP contribution in [0.1, 0.15) is 38.5 Å². The highest BCUT2D eigenvalue weighted by Gasteiger charge is 2.46. The Morgan fingerprint density at radius 3 is 2.06 bits per heavy atom. The van der Waals surface area contributed by atoms with Crippen LogP contribution < -0.4 is 11.1 Å². The van der Waals surface area contributed by atoms with Crippen molar-refractivity contribution < 1.29 is 13.2 Å². The highest BCUT2D eigenvalue weighted by molar-refractivity contribution is 4.99. The van der Waals surface area contributed by atoms with Crippen LogP contribution in [0.4, 0.5) is 13.2 Å². The lowest BCUT2D eigenvalue weighted by molar-refractivity contribution is -0.185. The number of halogens is 3. The molecule has 94 valence electrons. The molecule has 0 aromatic carbocycles. The predicted molar refractivity (Wildman–Crippen MR) is 56.0 cm³/mol. The zero-order valence-corrected chi connectivity index (χ0v) is 9.32. The molecule has 2 aliphatic rings. The van der Waals surface area contributed by atoms with Crippen molar-refractivity contribution in [2.75, 3.05) is 6.54 Å². The number of hydrogen-bond acceptors (Lipinski definition) is 2. The summed E-state index contributed by atoms with van der Waals surface area (Å²) in [6, 6.07) is 0.506. The number of rotatable bonds is 3. The van der Waals surface area contributed by atoms with E-state index in [1.54, 1.807) is 0 Å². The monoisotopic (exact) mass is 236 g/mol. The van der Waals surface area contributed by atoms with Gasteiger partial charge in [0.15, 0.2) is 0 Å². The molecule has 0 spiro atoms. The van der Waals surface area contributed by atoms with Crippen LogP contribution in [0.2, 0.25) is 0 Å². The Morgan fingerprint density at radius 1 is 1.12 bits per heavy atom. The number of hydrogen-bond donors (Lipinski definition) is 2. The summed E-state index contributed by atoms with van der Waals surface area (Å²) >= 11 is 0. The lowest BCUT2D eigenvalue weighted by Gasteiger charge is -2.41. The maximum absolute atomic E-state index is 12.5. The first-order valence-electron chi connectivity index (χ1n) is 6.00. The minimum atomic E-state index is -4.03. The molecule has 0 radical (unpaired) electrons. The van der Waals surface area contributed by atoms with Gasteiger partial charge in [-0.05, 0) is 38.5 Å². The molecule has 5 heteroatoms. The average Bonchev–Trinajstić information content (AvgIpc) is 3.01. The van der Waals surface area contributed by atoms with Gasteiger partial charge in [0.05, 0.1) is 5.92 Å². The van der Waals surface area contributed by atoms with Gasteiger partial charge in [0.2, 0.25) is 0 Å². The van der Waals surface area contributed by atoms with Crippen LogP contribution in [0.25, 0.3) is 0 Å². The molecule has 0 aliphatic heterocycles. The molecule has 2 fully saturated rings. The standard InChI is InChI=1S/C11H19F3N2/c12-11(13,14)8-3-5-10(7-15,6-4-8)16-9-1-2-9/h8-9,16H,1-7,15H2. The largest absolute Gasteiger partial charge is 0.391 e. The summed E-state index contributed by atoms with van der Waals surface area (Å²) < 4.78 is 37.6. The van der Waals surface area contributed by atoms with Gasteiger partial charge in [-0.2, -0.15) is 13.2 Å². The third-order valence-corrected chi connectivity index (χ3v) is 3.88. The molecule has 0 aromatic rings. The first-order valence-corrected chi connectivity index (χ1v) is 6.00. The topological polar surface area (TPSA) is 38.0 Å². The van der Waals surface area contributed by atoms with Crippen molar-refractivity contribution in [2.45, 2.75) is 56.3 Å². The van der Waals surface area contributed by atoms with Crippen LogP contribution in [0, 0.1) is 5.92 Å². The third kappa shape index (κ3) is 2.69. The van der Waals surface area contributed by atoms with E-state index in [1.165, 1.54) is 0 Å². The Hall–Kier alpha value is -0.290. The van der Waals surface area contributed by atoms with Gasteiger partial charge in [0.1, 0.15) is 0 Å². The van der Waals surface area contributed by atoms with Crippen LogP contribution in [0.5, 0.6) is 0 Å². The van der Waals surface area contributed by atoms with Crippen LogP contribution in [0.15, 0.2) is 0 Å². The summed E-state index contributed by atoms with van der Waals surface area (Å²) in [4.78, 5) is 0. The van der Waals surface area contributed by atoms with Crippen molar-refractivity contribution in [3.05, 3.63) is 0 Å². The van der Waals surface area contributed by atoms with E-state index in [9.17, 15) is 13.2 Å². The fourth-order valence-corrected chi connectivity index (χ4v) is 2.57. The van der Waals surface area contributed by atoms with Gasteiger partial charge in [-0.1, -0.05) is 0 Å². The molecule has 2 aliphatic carbocycles. The molecule has 0 atom stereocenters. The van der Waals surface area contributed by atoms with Crippen LogP contribution in [0.3, 0.4) is 0 Å². The van der Waals surface area contributed by atoms with Crippen molar-refractivity contribution in [3.63, 3.8) is 0 Å². The highest BCUT2D eigenvalue weighted by atomic mass is 19.4. The quantitative estimate of drug-likeness (QED) is 0.788. The molecular formula is C11H19F3N2. The number of nitrogens with one attached hydrogen (secondary N) is 1. The molecule has 3 N–H and O–H groups in total. The Labute approximate surface area is 93.8 Å². The maximum Gasteiger partial charge on any atom is 0.391 e. The fraction of sp³-hybridized carbons (Fsp3) is 1.00. The van der Waals surface area contributed by atoms with Crippen LogP contribution in [-0.2, 0) is 0 Å². The first kappa shape index (κ1) is 12.2. The molecule has 0 heterocycles. The summed E-state index contributed by atoms with van der Waals surface area (Å²) in [7, 11) is 0. The molecule has 2 saturated carbocycles. The molecule has 0 bridgehead atoms. The van der Waals surface area contributed by atoms with E-state index in [1.807, 2.05) is 0 Å². The lowest BCUT2D eigenvalue weighted by atomic mass is 9.76. The molecule has 0 unspecified atom stereocenters. The molecule has 0 aromatic heterocycles. The Kier molecular flexibility index (Phi) is 3.18. The van der Waals surface area contributed by atoms with Gasteiger partial charge in [0, 0.05) is 18.1 Å². The number of nitrogens with two attached hydrogens (primary N) is 1. The average molecular weight is 236 g/mol. The Bertz CT molecular complexity index is 240. The van der Waals surface area contributed by atoms with Crippen molar-refractivity contribution >= 4 is 0 Å². The van der Waals surface area contributed by atoms with Gasteiger partial charge < -0.3 is 11.1 Å². The van der Waals surface area contributed by atoms with Crippen molar-refractivity contribution in [1.82, 2.24) is 5.32 Å². The van der Waals surface area contributed by atoms with Crippen molar-refractivity contribution in [2.24, 2.45) is 11.7 Å². The van der Waals surface area contributed by atoms with Gasteiger partial charge in [-0.3, -0.25) is 0 Å². The molecule has 0 saturated heterocycles. The van der Waals surface area contributed by atoms with Gasteiger partial charge >= 0.3 is 6.18 Å². The van der Waals surface area contributed by atoms with E-state index in [4.69, 9.17) is 5.73 Å².